The summed E-state index contributed by atoms with van der Waals surface area (Å²) in [6, 6.07) is 0. The zero-order chi connectivity index (χ0) is 14.6. The first-order valence-electron chi connectivity index (χ1n) is 5.24. The summed E-state index contributed by atoms with van der Waals surface area (Å²) < 4.78 is 26.1. The highest BCUT2D eigenvalue weighted by atomic mass is 32.1. The van der Waals surface area contributed by atoms with Crippen LogP contribution in [0.1, 0.15) is 0 Å². The Balaban J connectivity index is 3.72. The molecule has 1 atom stereocenters. The smallest absolute Gasteiger partial charge is 0.211 e. The van der Waals surface area contributed by atoms with Crippen molar-refractivity contribution in [2.75, 3.05) is 35.5 Å². The predicted molar refractivity (Wildman–Crippen MR) is 70.0 cm³/mol. The van der Waals surface area contributed by atoms with Crippen molar-refractivity contribution < 1.29 is 28.5 Å². The van der Waals surface area contributed by atoms with Crippen molar-refractivity contribution in [3.8, 4) is 0 Å². The van der Waals surface area contributed by atoms with Gasteiger partial charge in [0, 0.05) is 7.11 Å². The first kappa shape index (κ1) is 15.5. The van der Waals surface area contributed by atoms with Gasteiger partial charge in [-0.3, -0.25) is 0 Å². The summed E-state index contributed by atoms with van der Waals surface area (Å²) in [6.45, 7) is 0. The third kappa shape index (κ3) is 2.20. The molecule has 19 heavy (non-hydrogen) atoms. The van der Waals surface area contributed by atoms with Crippen LogP contribution in [-0.2, 0) is 28.5 Å². The lowest BCUT2D eigenvalue weighted by Gasteiger charge is -2.34. The number of rotatable bonds is 5. The standard InChI is InChI=1S/C12H16O6S/c1-14-8-7(6-13)12(19,18-5)11(17-4)10(16-3)9(8)15-2/h19H,1-5H3. The van der Waals surface area contributed by atoms with Crippen LogP contribution in [0.4, 0.5) is 0 Å². The van der Waals surface area contributed by atoms with Crippen LogP contribution in [0.15, 0.2) is 28.6 Å². The van der Waals surface area contributed by atoms with Crippen molar-refractivity contribution in [3.63, 3.8) is 0 Å². The highest BCUT2D eigenvalue weighted by Gasteiger charge is 2.49. The normalized spacial score (nSPS) is 23.2. The molecule has 0 radical (unpaired) electrons. The number of methoxy groups -OCH3 is 5. The summed E-state index contributed by atoms with van der Waals surface area (Å²) in [7, 11) is 7.02. The maximum atomic E-state index is 11.2. The molecule has 106 valence electrons. The van der Waals surface area contributed by atoms with Gasteiger partial charge >= 0.3 is 0 Å². The maximum absolute atomic E-state index is 11.2. The molecule has 0 aromatic rings. The van der Waals surface area contributed by atoms with Gasteiger partial charge in [0.05, 0.1) is 28.4 Å². The molecular formula is C12H16O6S. The largest absolute Gasteiger partial charge is 0.493 e. The van der Waals surface area contributed by atoms with Crippen LogP contribution < -0.4 is 0 Å². The van der Waals surface area contributed by atoms with E-state index in [1.807, 2.05) is 0 Å². The van der Waals surface area contributed by atoms with Gasteiger partial charge in [-0.1, -0.05) is 0 Å². The molecule has 1 aliphatic carbocycles. The number of carbonyl (C=O) groups excluding carboxylic acids is 1. The molecule has 1 aliphatic rings. The number of hydrogen-bond acceptors (Lipinski definition) is 7. The molecular weight excluding hydrogens is 272 g/mol. The Hall–Kier alpha value is -1.56. The van der Waals surface area contributed by atoms with Crippen LogP contribution in [0.5, 0.6) is 0 Å². The minimum Gasteiger partial charge on any atom is -0.493 e. The van der Waals surface area contributed by atoms with E-state index < -0.39 is 4.93 Å². The van der Waals surface area contributed by atoms with Crippen molar-refractivity contribution in [1.82, 2.24) is 0 Å². The molecule has 0 heterocycles. The summed E-state index contributed by atoms with van der Waals surface area (Å²) in [5.74, 6) is 2.51. The van der Waals surface area contributed by atoms with Crippen molar-refractivity contribution in [2.24, 2.45) is 0 Å². The van der Waals surface area contributed by atoms with E-state index in [0.717, 1.165) is 0 Å². The van der Waals surface area contributed by atoms with Crippen molar-refractivity contribution in [2.45, 2.75) is 4.93 Å². The van der Waals surface area contributed by atoms with Crippen LogP contribution in [-0.4, -0.2) is 46.4 Å². The van der Waals surface area contributed by atoms with Gasteiger partial charge in [-0.15, -0.1) is 12.6 Å². The lowest BCUT2D eigenvalue weighted by molar-refractivity contribution is 0.0505. The fraction of sp³-hybridized carbons (Fsp3) is 0.500. The highest BCUT2D eigenvalue weighted by Crippen LogP contribution is 2.45. The number of ether oxygens (including phenoxy) is 5. The van der Waals surface area contributed by atoms with Crippen LogP contribution in [0, 0.1) is 0 Å². The SMILES string of the molecule is COC1=C(OC)C(OC)=C(OC)C(S)(OC)C1=C=O. The van der Waals surface area contributed by atoms with Crippen LogP contribution in [0.3, 0.4) is 0 Å². The van der Waals surface area contributed by atoms with E-state index in [9.17, 15) is 4.79 Å². The first-order chi connectivity index (χ1) is 9.05. The summed E-state index contributed by atoms with van der Waals surface area (Å²) in [4.78, 5) is 9.78. The van der Waals surface area contributed by atoms with Crippen LogP contribution in [0.2, 0.25) is 0 Å². The Labute approximate surface area is 117 Å². The lowest BCUT2D eigenvalue weighted by atomic mass is 9.98. The zero-order valence-corrected chi connectivity index (χ0v) is 12.3. The Kier molecular flexibility index (Phi) is 4.94. The molecule has 0 saturated carbocycles. The molecule has 0 spiro atoms. The molecule has 0 amide bonds. The zero-order valence-electron chi connectivity index (χ0n) is 11.4. The topological polar surface area (TPSA) is 63.2 Å². The first-order valence-corrected chi connectivity index (χ1v) is 5.69. The van der Waals surface area contributed by atoms with E-state index in [4.69, 9.17) is 23.7 Å². The maximum Gasteiger partial charge on any atom is 0.211 e. The van der Waals surface area contributed by atoms with Crippen molar-refractivity contribution in [1.29, 1.82) is 0 Å². The molecule has 7 heteroatoms. The molecule has 1 rings (SSSR count). The third-order valence-corrected chi connectivity index (χ3v) is 3.32. The molecule has 0 aliphatic heterocycles. The Morgan fingerprint density at radius 1 is 0.895 bits per heavy atom. The van der Waals surface area contributed by atoms with Crippen LogP contribution >= 0.6 is 12.6 Å². The lowest BCUT2D eigenvalue weighted by Crippen LogP contribution is -2.37. The van der Waals surface area contributed by atoms with Crippen molar-refractivity contribution in [3.05, 3.63) is 28.6 Å². The second kappa shape index (κ2) is 6.06. The predicted octanol–water partition coefficient (Wildman–Crippen LogP) is 1.04. The second-order valence-corrected chi connectivity index (χ2v) is 4.09. The number of thiol groups is 1. The molecule has 0 fully saturated rings. The fourth-order valence-electron chi connectivity index (χ4n) is 1.85. The van der Waals surface area contributed by atoms with E-state index in [2.05, 4.69) is 12.6 Å². The Morgan fingerprint density at radius 3 is 1.74 bits per heavy atom. The van der Waals surface area contributed by atoms with Gasteiger partial charge in [-0.25, -0.2) is 4.79 Å². The van der Waals surface area contributed by atoms with E-state index >= 15 is 0 Å². The fourth-order valence-corrected chi connectivity index (χ4v) is 2.19. The minimum absolute atomic E-state index is 0.00957. The Bertz CT molecular complexity index is 475. The quantitative estimate of drug-likeness (QED) is 0.463. The molecule has 1 unspecified atom stereocenters. The van der Waals surface area contributed by atoms with Gasteiger partial charge < -0.3 is 23.7 Å². The molecule has 0 aromatic heterocycles. The highest BCUT2D eigenvalue weighted by molar-refractivity contribution is 7.82. The second-order valence-electron chi connectivity index (χ2n) is 3.46. The van der Waals surface area contributed by atoms with Gasteiger partial charge in [0.25, 0.3) is 0 Å². The average Bonchev–Trinajstić information content (AvgIpc) is 2.45. The van der Waals surface area contributed by atoms with Gasteiger partial charge in [-0.05, 0) is 0 Å². The molecule has 0 saturated heterocycles. The van der Waals surface area contributed by atoms with Crippen LogP contribution in [0.25, 0.3) is 0 Å². The summed E-state index contributed by atoms with van der Waals surface area (Å²) in [5.41, 5.74) is 0.00957. The Morgan fingerprint density at radius 2 is 1.42 bits per heavy atom. The summed E-state index contributed by atoms with van der Waals surface area (Å²) in [5, 5.41) is 0. The number of hydrogen-bond donors (Lipinski definition) is 1. The van der Waals surface area contributed by atoms with Gasteiger partial charge in [0.15, 0.2) is 11.5 Å². The molecule has 0 bridgehead atoms. The van der Waals surface area contributed by atoms with E-state index in [1.165, 1.54) is 35.5 Å². The third-order valence-electron chi connectivity index (χ3n) is 2.71. The van der Waals surface area contributed by atoms with Crippen molar-refractivity contribution >= 4 is 18.6 Å². The van der Waals surface area contributed by atoms with Gasteiger partial charge in [-0.2, -0.15) is 0 Å². The van der Waals surface area contributed by atoms with Gasteiger partial charge in [0.2, 0.25) is 16.5 Å². The van der Waals surface area contributed by atoms with E-state index in [0.29, 0.717) is 0 Å². The minimum atomic E-state index is -1.46. The summed E-state index contributed by atoms with van der Waals surface area (Å²) >= 11 is 4.35. The molecule has 0 aromatic carbocycles. The molecule has 6 nitrogen and oxygen atoms in total. The molecule has 0 N–H and O–H groups in total. The van der Waals surface area contributed by atoms with E-state index in [1.54, 1.807) is 5.94 Å². The summed E-state index contributed by atoms with van der Waals surface area (Å²) in [6.07, 6.45) is 0. The van der Waals surface area contributed by atoms with Gasteiger partial charge in [0.1, 0.15) is 11.5 Å². The average molecular weight is 288 g/mol. The van der Waals surface area contributed by atoms with E-state index in [-0.39, 0.29) is 28.6 Å². The monoisotopic (exact) mass is 288 g/mol.